The third-order valence-corrected chi connectivity index (χ3v) is 4.18. The Hall–Kier alpha value is -0.610. The standard InChI is InChI=1S/C14H27NO3/c1-10-8-12(13(16)17)6-7-15(10)11(2)9-14(3,4)18-5/h10-12H,6-9H2,1-5H3,(H,16,17). The molecular weight excluding hydrogens is 230 g/mol. The van der Waals surface area contributed by atoms with Crippen molar-refractivity contribution in [1.29, 1.82) is 0 Å². The Labute approximate surface area is 110 Å². The van der Waals surface area contributed by atoms with Gasteiger partial charge < -0.3 is 9.84 Å². The largest absolute Gasteiger partial charge is 0.481 e. The lowest BCUT2D eigenvalue weighted by Gasteiger charge is -2.42. The molecule has 3 atom stereocenters. The van der Waals surface area contributed by atoms with E-state index >= 15 is 0 Å². The Morgan fingerprint density at radius 3 is 2.61 bits per heavy atom. The van der Waals surface area contributed by atoms with Gasteiger partial charge >= 0.3 is 5.97 Å². The molecule has 1 N–H and O–H groups in total. The minimum absolute atomic E-state index is 0.122. The molecule has 4 heteroatoms. The highest BCUT2D eigenvalue weighted by Crippen LogP contribution is 2.28. The van der Waals surface area contributed by atoms with Gasteiger partial charge in [-0.2, -0.15) is 0 Å². The first-order chi connectivity index (χ1) is 8.26. The highest BCUT2D eigenvalue weighted by atomic mass is 16.5. The minimum Gasteiger partial charge on any atom is -0.481 e. The number of piperidine rings is 1. The van der Waals surface area contributed by atoms with Gasteiger partial charge in [-0.15, -0.1) is 0 Å². The van der Waals surface area contributed by atoms with Crippen LogP contribution in [0.15, 0.2) is 0 Å². The van der Waals surface area contributed by atoms with Crippen molar-refractivity contribution in [2.45, 2.75) is 64.6 Å². The van der Waals surface area contributed by atoms with E-state index < -0.39 is 5.97 Å². The van der Waals surface area contributed by atoms with Gasteiger partial charge in [0.05, 0.1) is 11.5 Å². The van der Waals surface area contributed by atoms with Crippen LogP contribution in [0.1, 0.15) is 47.0 Å². The van der Waals surface area contributed by atoms with Crippen LogP contribution in [0.5, 0.6) is 0 Å². The van der Waals surface area contributed by atoms with Crippen molar-refractivity contribution in [3.63, 3.8) is 0 Å². The number of ether oxygens (including phenoxy) is 1. The molecule has 0 aromatic carbocycles. The van der Waals surface area contributed by atoms with Crippen LogP contribution in [0.4, 0.5) is 0 Å². The molecule has 1 aliphatic heterocycles. The van der Waals surface area contributed by atoms with Crippen LogP contribution in [-0.2, 0) is 9.53 Å². The maximum absolute atomic E-state index is 11.0. The molecular formula is C14H27NO3. The fourth-order valence-corrected chi connectivity index (χ4v) is 2.98. The van der Waals surface area contributed by atoms with Crippen molar-refractivity contribution in [3.05, 3.63) is 0 Å². The van der Waals surface area contributed by atoms with Crippen molar-refractivity contribution < 1.29 is 14.6 Å². The van der Waals surface area contributed by atoms with E-state index in [4.69, 9.17) is 9.84 Å². The van der Waals surface area contributed by atoms with Crippen LogP contribution < -0.4 is 0 Å². The third-order valence-electron chi connectivity index (χ3n) is 4.18. The van der Waals surface area contributed by atoms with Crippen LogP contribution in [-0.4, -0.2) is 47.3 Å². The number of hydrogen-bond acceptors (Lipinski definition) is 3. The average molecular weight is 257 g/mol. The second-order valence-electron chi connectivity index (χ2n) is 6.16. The number of likely N-dealkylation sites (tertiary alicyclic amines) is 1. The zero-order chi connectivity index (χ0) is 13.9. The molecule has 1 aliphatic rings. The van der Waals surface area contributed by atoms with Crippen molar-refractivity contribution in [2.75, 3.05) is 13.7 Å². The number of hydrogen-bond donors (Lipinski definition) is 1. The number of carbonyl (C=O) groups is 1. The summed E-state index contributed by atoms with van der Waals surface area (Å²) in [7, 11) is 1.74. The van der Waals surface area contributed by atoms with Crippen molar-refractivity contribution in [2.24, 2.45) is 5.92 Å². The highest BCUT2D eigenvalue weighted by molar-refractivity contribution is 5.70. The Morgan fingerprint density at radius 2 is 2.17 bits per heavy atom. The molecule has 0 bridgehead atoms. The summed E-state index contributed by atoms with van der Waals surface area (Å²) in [4.78, 5) is 13.4. The zero-order valence-corrected chi connectivity index (χ0v) is 12.3. The summed E-state index contributed by atoms with van der Waals surface area (Å²) in [5.74, 6) is -0.815. The lowest BCUT2D eigenvalue weighted by molar-refractivity contribution is -0.144. The summed E-state index contributed by atoms with van der Waals surface area (Å²) in [6, 6.07) is 0.757. The summed E-state index contributed by atoms with van der Waals surface area (Å²) < 4.78 is 5.47. The number of carboxylic acids is 1. The number of rotatable bonds is 5. The van der Waals surface area contributed by atoms with Crippen LogP contribution in [0.2, 0.25) is 0 Å². The quantitative estimate of drug-likeness (QED) is 0.821. The van der Waals surface area contributed by atoms with Gasteiger partial charge in [0.15, 0.2) is 0 Å². The fraction of sp³-hybridized carbons (Fsp3) is 0.929. The molecule has 4 nitrogen and oxygen atoms in total. The Kier molecular flexibility index (Phi) is 5.17. The van der Waals surface area contributed by atoms with E-state index in [1.165, 1.54) is 0 Å². The monoisotopic (exact) mass is 257 g/mol. The summed E-state index contributed by atoms with van der Waals surface area (Å²) in [6.07, 6.45) is 2.48. The minimum atomic E-state index is -0.647. The van der Waals surface area contributed by atoms with Gasteiger partial charge in [0.2, 0.25) is 0 Å². The summed E-state index contributed by atoms with van der Waals surface area (Å²) in [5.41, 5.74) is -0.122. The molecule has 0 aromatic heterocycles. The smallest absolute Gasteiger partial charge is 0.306 e. The highest BCUT2D eigenvalue weighted by Gasteiger charge is 2.33. The number of methoxy groups -OCH3 is 1. The Balaban J connectivity index is 2.55. The van der Waals surface area contributed by atoms with E-state index in [9.17, 15) is 4.79 Å². The second-order valence-corrected chi connectivity index (χ2v) is 6.16. The van der Waals surface area contributed by atoms with E-state index in [1.54, 1.807) is 7.11 Å². The predicted octanol–water partition coefficient (Wildman–Crippen LogP) is 2.38. The molecule has 106 valence electrons. The second kappa shape index (κ2) is 6.02. The summed E-state index contributed by atoms with van der Waals surface area (Å²) in [6.45, 7) is 9.40. The van der Waals surface area contributed by atoms with Crippen LogP contribution in [0.25, 0.3) is 0 Å². The van der Waals surface area contributed by atoms with Crippen molar-refractivity contribution in [3.8, 4) is 0 Å². The Morgan fingerprint density at radius 1 is 1.56 bits per heavy atom. The van der Waals surface area contributed by atoms with Gasteiger partial charge in [0.1, 0.15) is 0 Å². The number of carboxylic acid groups (broad SMARTS) is 1. The maximum Gasteiger partial charge on any atom is 0.306 e. The molecule has 0 aromatic rings. The van der Waals surface area contributed by atoms with E-state index in [2.05, 4.69) is 32.6 Å². The Bertz CT molecular complexity index is 291. The molecule has 0 radical (unpaired) electrons. The molecule has 1 saturated heterocycles. The molecule has 18 heavy (non-hydrogen) atoms. The number of nitrogens with zero attached hydrogens (tertiary/aromatic N) is 1. The molecule has 1 heterocycles. The van der Waals surface area contributed by atoms with Crippen LogP contribution in [0, 0.1) is 5.92 Å². The lowest BCUT2D eigenvalue weighted by Crippen LogP contribution is -2.49. The first-order valence-corrected chi connectivity index (χ1v) is 6.80. The summed E-state index contributed by atoms with van der Waals surface area (Å²) in [5, 5.41) is 9.07. The van der Waals surface area contributed by atoms with Gasteiger partial charge in [0, 0.05) is 19.2 Å². The first kappa shape index (κ1) is 15.4. The normalized spacial score (nSPS) is 28.1. The molecule has 0 saturated carbocycles. The van der Waals surface area contributed by atoms with Gasteiger partial charge in [-0.1, -0.05) is 0 Å². The van der Waals surface area contributed by atoms with Crippen molar-refractivity contribution >= 4 is 5.97 Å². The van der Waals surface area contributed by atoms with Crippen LogP contribution >= 0.6 is 0 Å². The van der Waals surface area contributed by atoms with Gasteiger partial charge in [-0.3, -0.25) is 9.69 Å². The van der Waals surface area contributed by atoms with Crippen molar-refractivity contribution in [1.82, 2.24) is 4.90 Å². The molecule has 3 unspecified atom stereocenters. The maximum atomic E-state index is 11.0. The molecule has 1 rings (SSSR count). The number of aliphatic carboxylic acids is 1. The lowest BCUT2D eigenvalue weighted by atomic mass is 9.89. The van der Waals surface area contributed by atoms with Gasteiger partial charge in [-0.25, -0.2) is 0 Å². The SMILES string of the molecule is COC(C)(C)CC(C)N1CCC(C(=O)O)CC1C. The topological polar surface area (TPSA) is 49.8 Å². The van der Waals surface area contributed by atoms with Gasteiger partial charge in [0.25, 0.3) is 0 Å². The van der Waals surface area contributed by atoms with Gasteiger partial charge in [-0.05, 0) is 53.5 Å². The molecule has 0 spiro atoms. The predicted molar refractivity (Wildman–Crippen MR) is 71.7 cm³/mol. The molecule has 0 amide bonds. The molecule has 1 fully saturated rings. The molecule has 0 aliphatic carbocycles. The van der Waals surface area contributed by atoms with E-state index in [1.807, 2.05) is 0 Å². The van der Waals surface area contributed by atoms with Crippen LogP contribution in [0.3, 0.4) is 0 Å². The van der Waals surface area contributed by atoms with E-state index in [0.717, 1.165) is 25.8 Å². The summed E-state index contributed by atoms with van der Waals surface area (Å²) >= 11 is 0. The van der Waals surface area contributed by atoms with E-state index in [0.29, 0.717) is 12.1 Å². The third kappa shape index (κ3) is 3.95. The fourth-order valence-electron chi connectivity index (χ4n) is 2.98. The van der Waals surface area contributed by atoms with E-state index in [-0.39, 0.29) is 11.5 Å². The average Bonchev–Trinajstić information content (AvgIpc) is 2.28. The first-order valence-electron chi connectivity index (χ1n) is 6.80. The zero-order valence-electron chi connectivity index (χ0n) is 12.3.